The van der Waals surface area contributed by atoms with Crippen LogP contribution in [0.5, 0.6) is 0 Å². The van der Waals surface area contributed by atoms with Gasteiger partial charge >= 0.3 is 0 Å². The van der Waals surface area contributed by atoms with Crippen LogP contribution >= 0.6 is 11.6 Å². The highest BCUT2D eigenvalue weighted by atomic mass is 35.5. The quantitative estimate of drug-likeness (QED) is 0.669. The van der Waals surface area contributed by atoms with E-state index in [1.807, 2.05) is 25.1 Å². The minimum absolute atomic E-state index is 0.132. The zero-order chi connectivity index (χ0) is 15.0. The van der Waals surface area contributed by atoms with Crippen LogP contribution in [0.2, 0.25) is 0 Å². The molecular weight excluding hydrogens is 289 g/mol. The first-order valence-corrected chi connectivity index (χ1v) is 6.92. The van der Waals surface area contributed by atoms with E-state index in [9.17, 15) is 9.65 Å². The first kappa shape index (κ1) is 13.6. The highest BCUT2D eigenvalue weighted by Crippen LogP contribution is 2.27. The number of para-hydroxylation sites is 1. The number of benzene rings is 2. The Morgan fingerprint density at radius 1 is 1.29 bits per heavy atom. The van der Waals surface area contributed by atoms with E-state index in [1.165, 1.54) is 6.07 Å². The second-order valence-electron chi connectivity index (χ2n) is 4.69. The molecule has 1 aromatic heterocycles. The molecule has 21 heavy (non-hydrogen) atoms. The molecule has 0 radical (unpaired) electrons. The van der Waals surface area contributed by atoms with E-state index in [0.717, 1.165) is 5.56 Å². The number of nitriles is 1. The molecule has 0 spiro atoms. The minimum atomic E-state index is -0.399. The highest BCUT2D eigenvalue weighted by molar-refractivity contribution is 6.17. The van der Waals surface area contributed by atoms with Crippen molar-refractivity contribution in [3.63, 3.8) is 0 Å². The van der Waals surface area contributed by atoms with Gasteiger partial charge in [0, 0.05) is 0 Å². The van der Waals surface area contributed by atoms with Crippen LogP contribution in [-0.4, -0.2) is 9.55 Å². The summed E-state index contributed by atoms with van der Waals surface area (Å²) in [5.41, 5.74) is 2.92. The van der Waals surface area contributed by atoms with E-state index >= 15 is 0 Å². The Morgan fingerprint density at radius 3 is 2.76 bits per heavy atom. The van der Waals surface area contributed by atoms with Gasteiger partial charge in [0.1, 0.15) is 17.4 Å². The third kappa shape index (κ3) is 2.07. The number of aromatic nitrogens is 2. The fourth-order valence-corrected chi connectivity index (χ4v) is 2.63. The summed E-state index contributed by atoms with van der Waals surface area (Å²) in [7, 11) is 0. The summed E-state index contributed by atoms with van der Waals surface area (Å²) in [6.07, 6.45) is 0. The van der Waals surface area contributed by atoms with E-state index in [4.69, 9.17) is 11.6 Å². The molecule has 0 saturated carbocycles. The molecule has 0 amide bonds. The van der Waals surface area contributed by atoms with Gasteiger partial charge in [-0.05, 0) is 30.7 Å². The molecule has 0 saturated heterocycles. The topological polar surface area (TPSA) is 41.6 Å². The monoisotopic (exact) mass is 299 g/mol. The molecule has 5 heteroatoms. The van der Waals surface area contributed by atoms with Crippen molar-refractivity contribution >= 4 is 22.6 Å². The van der Waals surface area contributed by atoms with Crippen molar-refractivity contribution in [3.8, 4) is 11.8 Å². The summed E-state index contributed by atoms with van der Waals surface area (Å²) >= 11 is 5.95. The third-order valence-electron chi connectivity index (χ3n) is 3.43. The summed E-state index contributed by atoms with van der Waals surface area (Å²) < 4.78 is 15.7. The lowest BCUT2D eigenvalue weighted by Crippen LogP contribution is -2.03. The van der Waals surface area contributed by atoms with Gasteiger partial charge in [0.2, 0.25) is 0 Å². The fraction of sp³-hybridized carbons (Fsp3) is 0.125. The first-order valence-electron chi connectivity index (χ1n) is 6.39. The van der Waals surface area contributed by atoms with Crippen molar-refractivity contribution in [2.45, 2.75) is 12.8 Å². The standard InChI is InChI=1S/C16H11ClFN3/c1-10-4-2-6-13(11(10)9-19)21-14-7-3-5-12(18)16(14)20-15(21)8-17/h2-7H,8H2,1H3. The molecule has 0 bridgehead atoms. The maximum atomic E-state index is 13.9. The van der Waals surface area contributed by atoms with E-state index in [-0.39, 0.29) is 11.4 Å². The smallest absolute Gasteiger partial charge is 0.151 e. The van der Waals surface area contributed by atoms with Crippen molar-refractivity contribution in [1.29, 1.82) is 5.26 Å². The Kier molecular flexibility index (Phi) is 3.36. The van der Waals surface area contributed by atoms with Gasteiger partial charge in [-0.1, -0.05) is 18.2 Å². The molecule has 0 atom stereocenters. The lowest BCUT2D eigenvalue weighted by molar-refractivity contribution is 0.637. The van der Waals surface area contributed by atoms with Crippen LogP contribution in [0.15, 0.2) is 36.4 Å². The SMILES string of the molecule is Cc1cccc(-n2c(CCl)nc3c(F)cccc32)c1C#N. The third-order valence-corrected chi connectivity index (χ3v) is 3.67. The number of imidazole rings is 1. The van der Waals surface area contributed by atoms with Gasteiger partial charge in [0.15, 0.2) is 5.82 Å². The molecule has 3 rings (SSSR count). The van der Waals surface area contributed by atoms with Crippen LogP contribution in [0.4, 0.5) is 4.39 Å². The lowest BCUT2D eigenvalue weighted by atomic mass is 10.1. The molecule has 1 heterocycles. The summed E-state index contributed by atoms with van der Waals surface area (Å²) in [4.78, 5) is 4.26. The zero-order valence-electron chi connectivity index (χ0n) is 11.3. The number of hydrogen-bond donors (Lipinski definition) is 0. The van der Waals surface area contributed by atoms with Crippen molar-refractivity contribution in [3.05, 3.63) is 59.2 Å². The van der Waals surface area contributed by atoms with E-state index in [0.29, 0.717) is 22.6 Å². The number of aryl methyl sites for hydroxylation is 1. The summed E-state index contributed by atoms with van der Waals surface area (Å²) in [5, 5.41) is 9.40. The molecular formula is C16H11ClFN3. The second kappa shape index (κ2) is 5.19. The molecule has 0 N–H and O–H groups in total. The zero-order valence-corrected chi connectivity index (χ0v) is 12.0. The average molecular weight is 300 g/mol. The average Bonchev–Trinajstić information content (AvgIpc) is 2.87. The van der Waals surface area contributed by atoms with E-state index < -0.39 is 5.82 Å². The number of alkyl halides is 1. The van der Waals surface area contributed by atoms with Crippen molar-refractivity contribution in [2.75, 3.05) is 0 Å². The van der Waals surface area contributed by atoms with Gasteiger partial charge in [-0.3, -0.25) is 4.57 Å². The van der Waals surface area contributed by atoms with Crippen LogP contribution in [0, 0.1) is 24.1 Å². The Hall–Kier alpha value is -2.38. The van der Waals surface area contributed by atoms with E-state index in [1.54, 1.807) is 16.7 Å². The van der Waals surface area contributed by atoms with Gasteiger partial charge in [-0.2, -0.15) is 5.26 Å². The van der Waals surface area contributed by atoms with Crippen LogP contribution in [0.1, 0.15) is 17.0 Å². The number of fused-ring (bicyclic) bond motifs is 1. The first-order chi connectivity index (χ1) is 10.2. The van der Waals surface area contributed by atoms with Gasteiger partial charge in [0.05, 0.1) is 22.6 Å². The van der Waals surface area contributed by atoms with Crippen molar-refractivity contribution in [2.24, 2.45) is 0 Å². The molecule has 3 aromatic rings. The van der Waals surface area contributed by atoms with Crippen LogP contribution < -0.4 is 0 Å². The van der Waals surface area contributed by atoms with Crippen LogP contribution in [-0.2, 0) is 5.88 Å². The molecule has 0 fully saturated rings. The summed E-state index contributed by atoms with van der Waals surface area (Å²) in [5.74, 6) is 0.245. The van der Waals surface area contributed by atoms with Gasteiger partial charge in [-0.15, -0.1) is 11.6 Å². The molecule has 0 aliphatic heterocycles. The maximum absolute atomic E-state index is 13.9. The van der Waals surface area contributed by atoms with Gasteiger partial charge < -0.3 is 0 Å². The minimum Gasteiger partial charge on any atom is -0.294 e. The predicted octanol–water partition coefficient (Wildman–Crippen LogP) is 4.08. The maximum Gasteiger partial charge on any atom is 0.151 e. The molecule has 3 nitrogen and oxygen atoms in total. The van der Waals surface area contributed by atoms with Crippen molar-refractivity contribution < 1.29 is 4.39 Å². The number of nitrogens with zero attached hydrogens (tertiary/aromatic N) is 3. The molecule has 0 aliphatic rings. The Morgan fingerprint density at radius 2 is 2.05 bits per heavy atom. The summed E-state index contributed by atoms with van der Waals surface area (Å²) in [6.45, 7) is 1.86. The Bertz CT molecular complexity index is 877. The van der Waals surface area contributed by atoms with Gasteiger partial charge in [0.25, 0.3) is 0 Å². The van der Waals surface area contributed by atoms with Crippen LogP contribution in [0.3, 0.4) is 0 Å². The Balaban J connectivity index is 2.43. The van der Waals surface area contributed by atoms with Crippen molar-refractivity contribution in [1.82, 2.24) is 9.55 Å². The Labute approximate surface area is 126 Å². The largest absolute Gasteiger partial charge is 0.294 e. The lowest BCUT2D eigenvalue weighted by Gasteiger charge is -2.11. The van der Waals surface area contributed by atoms with Crippen LogP contribution in [0.25, 0.3) is 16.7 Å². The van der Waals surface area contributed by atoms with Gasteiger partial charge in [-0.25, -0.2) is 9.37 Å². The molecule has 0 aliphatic carbocycles. The van der Waals surface area contributed by atoms with E-state index in [2.05, 4.69) is 11.1 Å². The highest BCUT2D eigenvalue weighted by Gasteiger charge is 2.17. The number of hydrogen-bond acceptors (Lipinski definition) is 2. The second-order valence-corrected chi connectivity index (χ2v) is 4.95. The number of halogens is 2. The fourth-order valence-electron chi connectivity index (χ4n) is 2.46. The molecule has 0 unspecified atom stereocenters. The summed E-state index contributed by atoms with van der Waals surface area (Å²) in [6, 6.07) is 12.5. The molecule has 104 valence electrons. The predicted molar refractivity (Wildman–Crippen MR) is 80.0 cm³/mol. The number of rotatable bonds is 2. The normalized spacial score (nSPS) is 10.8. The molecule has 2 aromatic carbocycles.